The lowest BCUT2D eigenvalue weighted by Gasteiger charge is -2.26. The number of nitrogens with one attached hydrogen (secondary N) is 4. The van der Waals surface area contributed by atoms with Crippen LogP contribution in [0.5, 0.6) is 5.75 Å². The van der Waals surface area contributed by atoms with Gasteiger partial charge in [-0.05, 0) is 31.5 Å². The molecule has 0 bridgehead atoms. The van der Waals surface area contributed by atoms with E-state index in [1.807, 2.05) is 0 Å². The lowest BCUT2D eigenvalue weighted by molar-refractivity contribution is -0.145. The van der Waals surface area contributed by atoms with Crippen molar-refractivity contribution in [3.05, 3.63) is 48.0 Å². The topological polar surface area (TPSA) is 240 Å². The fourth-order valence-corrected chi connectivity index (χ4v) is 3.30. The van der Waals surface area contributed by atoms with Crippen molar-refractivity contribution in [2.45, 2.75) is 63.1 Å². The van der Waals surface area contributed by atoms with Gasteiger partial charge in [-0.15, -0.1) is 0 Å². The summed E-state index contributed by atoms with van der Waals surface area (Å²) in [6, 6.07) is 0.307. The van der Waals surface area contributed by atoms with Gasteiger partial charge >= 0.3 is 5.97 Å². The van der Waals surface area contributed by atoms with Gasteiger partial charge in [-0.2, -0.15) is 0 Å². The van der Waals surface area contributed by atoms with E-state index in [1.54, 1.807) is 0 Å². The number of carboxylic acid groups (broad SMARTS) is 1. The highest BCUT2D eigenvalue weighted by Crippen LogP contribution is 2.12. The van der Waals surface area contributed by atoms with Crippen molar-refractivity contribution < 1.29 is 39.6 Å². The van der Waals surface area contributed by atoms with Crippen LogP contribution in [0.3, 0.4) is 0 Å². The molecule has 6 atom stereocenters. The van der Waals surface area contributed by atoms with Crippen molar-refractivity contribution in [3.8, 4) is 5.75 Å². The third-order valence-corrected chi connectivity index (χ3v) is 5.49. The van der Waals surface area contributed by atoms with Crippen LogP contribution in [0.2, 0.25) is 0 Å². The number of aromatic amines is 1. The van der Waals surface area contributed by atoms with Crippen molar-refractivity contribution in [1.29, 1.82) is 0 Å². The Bertz CT molecular complexity index is 1060. The van der Waals surface area contributed by atoms with Crippen LogP contribution < -0.4 is 21.7 Å². The van der Waals surface area contributed by atoms with Crippen molar-refractivity contribution in [3.63, 3.8) is 0 Å². The molecule has 37 heavy (non-hydrogen) atoms. The second-order valence-electron chi connectivity index (χ2n) is 8.61. The minimum Gasteiger partial charge on any atom is -0.508 e. The molecule has 1 heterocycles. The summed E-state index contributed by atoms with van der Waals surface area (Å²) in [5.74, 6) is -4.00. The first kappa shape index (κ1) is 29.2. The number of rotatable bonds is 13. The number of phenolic OH excluding ortho intramolecular Hbond substituents is 1. The predicted octanol–water partition coefficient (Wildman–Crippen LogP) is -2.47. The highest BCUT2D eigenvalue weighted by molar-refractivity contribution is 5.94. The molecular formula is C23H32N6O8. The van der Waals surface area contributed by atoms with Gasteiger partial charge in [0.2, 0.25) is 17.7 Å². The number of carbonyl (C=O) groups is 4. The van der Waals surface area contributed by atoms with Gasteiger partial charge in [0.1, 0.15) is 23.9 Å². The fourth-order valence-electron chi connectivity index (χ4n) is 3.30. The third kappa shape index (κ3) is 8.86. The van der Waals surface area contributed by atoms with Gasteiger partial charge in [0.25, 0.3) is 0 Å². The number of carboxylic acids is 1. The van der Waals surface area contributed by atoms with Crippen LogP contribution in [-0.4, -0.2) is 90.5 Å². The maximum absolute atomic E-state index is 13.3. The van der Waals surface area contributed by atoms with Gasteiger partial charge in [-0.25, -0.2) is 9.78 Å². The van der Waals surface area contributed by atoms with Crippen molar-refractivity contribution in [1.82, 2.24) is 25.9 Å². The first-order chi connectivity index (χ1) is 17.4. The summed E-state index contributed by atoms with van der Waals surface area (Å²) >= 11 is 0. The van der Waals surface area contributed by atoms with Crippen LogP contribution in [0.25, 0.3) is 0 Å². The SMILES string of the molecule is CC(O)C(N)C(=O)NC(Cc1ccc(O)cc1)C(=O)NC(Cc1cnc[nH]1)C(=O)NC(C(=O)O)C(C)O. The fraction of sp³-hybridized carbons (Fsp3) is 0.435. The van der Waals surface area contributed by atoms with Gasteiger partial charge in [0.05, 0.1) is 18.5 Å². The number of phenols is 1. The van der Waals surface area contributed by atoms with Gasteiger partial charge in [-0.1, -0.05) is 12.1 Å². The number of aliphatic carboxylic acids is 1. The Morgan fingerprint density at radius 3 is 2.00 bits per heavy atom. The summed E-state index contributed by atoms with van der Waals surface area (Å²) in [6.07, 6.45) is -0.0380. The average Bonchev–Trinajstić information content (AvgIpc) is 3.34. The zero-order chi connectivity index (χ0) is 27.7. The Kier molecular flexibility index (Phi) is 10.5. The Balaban J connectivity index is 2.30. The van der Waals surface area contributed by atoms with Gasteiger partial charge in [0.15, 0.2) is 6.04 Å². The molecule has 1 aromatic carbocycles. The summed E-state index contributed by atoms with van der Waals surface area (Å²) in [5, 5.41) is 45.4. The highest BCUT2D eigenvalue weighted by Gasteiger charge is 2.32. The molecule has 3 amide bonds. The van der Waals surface area contributed by atoms with Crippen molar-refractivity contribution in [2.75, 3.05) is 0 Å². The van der Waals surface area contributed by atoms with Gasteiger partial charge in [-0.3, -0.25) is 14.4 Å². The summed E-state index contributed by atoms with van der Waals surface area (Å²) < 4.78 is 0. The van der Waals surface area contributed by atoms with Crippen LogP contribution in [0.4, 0.5) is 0 Å². The summed E-state index contributed by atoms with van der Waals surface area (Å²) in [5.41, 5.74) is 6.69. The lowest BCUT2D eigenvalue weighted by atomic mass is 10.0. The number of aliphatic hydroxyl groups is 2. The zero-order valence-electron chi connectivity index (χ0n) is 20.3. The number of amides is 3. The van der Waals surface area contributed by atoms with Gasteiger partial charge in [0, 0.05) is 24.7 Å². The van der Waals surface area contributed by atoms with Crippen LogP contribution in [0.15, 0.2) is 36.8 Å². The van der Waals surface area contributed by atoms with E-state index in [1.165, 1.54) is 50.6 Å². The average molecular weight is 521 g/mol. The number of hydrogen-bond donors (Lipinski definition) is 9. The molecule has 1 aromatic heterocycles. The number of aromatic nitrogens is 2. The zero-order valence-corrected chi connectivity index (χ0v) is 20.3. The number of hydrogen-bond acceptors (Lipinski definition) is 9. The molecule has 0 saturated carbocycles. The molecular weight excluding hydrogens is 488 g/mol. The van der Waals surface area contributed by atoms with Crippen LogP contribution in [-0.2, 0) is 32.0 Å². The molecule has 2 aromatic rings. The lowest BCUT2D eigenvalue weighted by Crippen LogP contribution is -2.59. The van der Waals surface area contributed by atoms with Crippen molar-refractivity contribution >= 4 is 23.7 Å². The number of benzene rings is 1. The Morgan fingerprint density at radius 1 is 0.919 bits per heavy atom. The summed E-state index contributed by atoms with van der Waals surface area (Å²) in [6.45, 7) is 2.50. The maximum atomic E-state index is 13.3. The largest absolute Gasteiger partial charge is 0.508 e. The molecule has 14 heteroatoms. The number of aromatic hydroxyl groups is 1. The minimum absolute atomic E-state index is 0.00713. The molecule has 202 valence electrons. The van der Waals surface area contributed by atoms with E-state index in [-0.39, 0.29) is 18.6 Å². The van der Waals surface area contributed by atoms with E-state index in [9.17, 15) is 39.6 Å². The quantitative estimate of drug-likeness (QED) is 0.135. The predicted molar refractivity (Wildman–Crippen MR) is 129 cm³/mol. The molecule has 0 fully saturated rings. The van der Waals surface area contributed by atoms with E-state index in [2.05, 4.69) is 25.9 Å². The maximum Gasteiger partial charge on any atom is 0.328 e. The molecule has 0 aliphatic carbocycles. The Hall–Kier alpha value is -4.01. The van der Waals surface area contributed by atoms with Crippen molar-refractivity contribution in [2.24, 2.45) is 5.73 Å². The second-order valence-corrected chi connectivity index (χ2v) is 8.61. The smallest absolute Gasteiger partial charge is 0.328 e. The Morgan fingerprint density at radius 2 is 1.49 bits per heavy atom. The molecule has 14 nitrogen and oxygen atoms in total. The standard InChI is InChI=1S/C23H32N6O8/c1-11(30)18(24)22(35)28-16(7-13-3-5-15(32)6-4-13)20(33)27-17(8-14-9-25-10-26-14)21(34)29-19(12(2)31)23(36)37/h3-6,9-12,16-19,30-32H,7-8,24H2,1-2H3,(H,25,26)(H,27,33)(H,28,35)(H,29,34)(H,36,37). The summed E-state index contributed by atoms with van der Waals surface area (Å²) in [4.78, 5) is 56.8. The first-order valence-corrected chi connectivity index (χ1v) is 11.4. The van der Waals surface area contributed by atoms with E-state index in [0.717, 1.165) is 0 Å². The first-order valence-electron chi connectivity index (χ1n) is 11.4. The highest BCUT2D eigenvalue weighted by atomic mass is 16.4. The molecule has 10 N–H and O–H groups in total. The number of carbonyl (C=O) groups excluding carboxylic acids is 3. The van der Waals surface area contributed by atoms with E-state index in [0.29, 0.717) is 11.3 Å². The molecule has 0 spiro atoms. The monoisotopic (exact) mass is 520 g/mol. The second kappa shape index (κ2) is 13.3. The van der Waals surface area contributed by atoms with Crippen LogP contribution in [0.1, 0.15) is 25.1 Å². The molecule has 2 rings (SSSR count). The molecule has 0 radical (unpaired) electrons. The summed E-state index contributed by atoms with van der Waals surface area (Å²) in [7, 11) is 0. The van der Waals surface area contributed by atoms with E-state index < -0.39 is 60.1 Å². The molecule has 0 aliphatic rings. The van der Waals surface area contributed by atoms with Crippen LogP contribution in [0, 0.1) is 0 Å². The minimum atomic E-state index is -1.63. The van der Waals surface area contributed by atoms with E-state index >= 15 is 0 Å². The molecule has 0 aliphatic heterocycles. The number of H-pyrrole nitrogens is 1. The normalized spacial score (nSPS) is 15.9. The number of nitrogens with zero attached hydrogens (tertiary/aromatic N) is 1. The third-order valence-electron chi connectivity index (χ3n) is 5.49. The number of imidazole rings is 1. The number of nitrogens with two attached hydrogens (primary N) is 1. The van der Waals surface area contributed by atoms with E-state index in [4.69, 9.17) is 5.73 Å². The van der Waals surface area contributed by atoms with Crippen LogP contribution >= 0.6 is 0 Å². The number of aliphatic hydroxyl groups excluding tert-OH is 2. The molecule has 0 saturated heterocycles. The Labute approximate surface area is 212 Å². The molecule has 6 unspecified atom stereocenters. The van der Waals surface area contributed by atoms with Gasteiger partial charge < -0.3 is 47.1 Å².